The minimum Gasteiger partial charge on any atom is -0.478 e. The van der Waals surface area contributed by atoms with Crippen molar-refractivity contribution in [3.63, 3.8) is 0 Å². The molecule has 4 N–H and O–H groups in total. The van der Waals surface area contributed by atoms with Crippen LogP contribution >= 0.6 is 0 Å². The molecule has 7 heteroatoms. The zero-order valence-corrected chi connectivity index (χ0v) is 12.6. The molecule has 0 unspecified atom stereocenters. The highest BCUT2D eigenvalue weighted by molar-refractivity contribution is 5.98. The Morgan fingerprint density at radius 1 is 0.773 bits per heavy atom. The molecule has 7 nitrogen and oxygen atoms in total. The largest absolute Gasteiger partial charge is 0.478 e. The molecule has 0 atom stereocenters. The molecular formula is C15H21NO6. The van der Waals surface area contributed by atoms with Gasteiger partial charge in [0.2, 0.25) is 0 Å². The first-order valence-corrected chi connectivity index (χ1v) is 6.89. The van der Waals surface area contributed by atoms with E-state index in [4.69, 9.17) is 15.3 Å². The molecule has 1 aromatic rings. The second-order valence-corrected chi connectivity index (χ2v) is 4.46. The summed E-state index contributed by atoms with van der Waals surface area (Å²) in [5.74, 6) is -4.12. The molecule has 1 aromatic carbocycles. The number of hydrogen-bond acceptors (Lipinski definition) is 4. The van der Waals surface area contributed by atoms with E-state index in [9.17, 15) is 14.4 Å². The van der Waals surface area contributed by atoms with Crippen molar-refractivity contribution in [1.29, 1.82) is 0 Å². The van der Waals surface area contributed by atoms with Crippen molar-refractivity contribution >= 4 is 17.9 Å². The molecule has 0 bridgehead atoms. The van der Waals surface area contributed by atoms with E-state index in [1.54, 1.807) is 0 Å². The summed E-state index contributed by atoms with van der Waals surface area (Å²) in [6, 6.07) is 2.70. The van der Waals surface area contributed by atoms with Gasteiger partial charge in [-0.05, 0) is 44.1 Å². The van der Waals surface area contributed by atoms with Crippen molar-refractivity contribution in [2.75, 3.05) is 13.1 Å². The number of benzene rings is 1. The molecule has 0 aromatic heterocycles. The number of carboxylic acid groups (broad SMARTS) is 3. The summed E-state index contributed by atoms with van der Waals surface area (Å²) in [6.07, 6.45) is 2.50. The van der Waals surface area contributed by atoms with Crippen molar-refractivity contribution < 1.29 is 29.7 Å². The fraction of sp³-hybridized carbons (Fsp3) is 0.400. The Balaban J connectivity index is 0.000000534. The van der Waals surface area contributed by atoms with Crippen molar-refractivity contribution in [2.45, 2.75) is 26.7 Å². The van der Waals surface area contributed by atoms with Crippen LogP contribution in [0.25, 0.3) is 0 Å². The lowest BCUT2D eigenvalue weighted by atomic mass is 10.1. The summed E-state index contributed by atoms with van der Waals surface area (Å²) in [6.45, 7) is 6.72. The Bertz CT molecular complexity index is 444. The average Bonchev–Trinajstić information content (AvgIpc) is 2.47. The molecule has 0 radical (unpaired) electrons. The van der Waals surface area contributed by atoms with E-state index in [1.165, 1.54) is 25.9 Å². The summed E-state index contributed by atoms with van der Waals surface area (Å²) in [5, 5.41) is 29.1. The number of hydrogen-bond donors (Lipinski definition) is 4. The fourth-order valence-electron chi connectivity index (χ4n) is 1.48. The van der Waals surface area contributed by atoms with Crippen molar-refractivity contribution in [3.8, 4) is 0 Å². The molecule has 122 valence electrons. The Hall–Kier alpha value is -2.41. The van der Waals surface area contributed by atoms with Crippen LogP contribution in [0.1, 0.15) is 57.8 Å². The zero-order chi connectivity index (χ0) is 17.1. The van der Waals surface area contributed by atoms with Crippen molar-refractivity contribution in [2.24, 2.45) is 0 Å². The molecule has 0 saturated heterocycles. The number of carbonyl (C=O) groups is 3. The third-order valence-electron chi connectivity index (χ3n) is 2.53. The van der Waals surface area contributed by atoms with E-state index in [0.29, 0.717) is 0 Å². The van der Waals surface area contributed by atoms with Gasteiger partial charge in [-0.3, -0.25) is 0 Å². The highest BCUT2D eigenvalue weighted by Crippen LogP contribution is 2.11. The second kappa shape index (κ2) is 10.3. The molecule has 22 heavy (non-hydrogen) atoms. The highest BCUT2D eigenvalue weighted by atomic mass is 16.4. The van der Waals surface area contributed by atoms with Gasteiger partial charge in [0.1, 0.15) is 0 Å². The zero-order valence-electron chi connectivity index (χ0n) is 12.6. The average molecular weight is 311 g/mol. The van der Waals surface area contributed by atoms with Crippen LogP contribution in [0.4, 0.5) is 0 Å². The second-order valence-electron chi connectivity index (χ2n) is 4.46. The van der Waals surface area contributed by atoms with Crippen LogP contribution in [0.2, 0.25) is 0 Å². The maximum Gasteiger partial charge on any atom is 0.335 e. The SMILES string of the molecule is CCCNCCC.O=C(O)c1cc(C(=O)O)cc(C(=O)O)c1. The maximum atomic E-state index is 10.6. The van der Waals surface area contributed by atoms with Gasteiger partial charge in [0.05, 0.1) is 16.7 Å². The molecule has 0 spiro atoms. The van der Waals surface area contributed by atoms with Gasteiger partial charge in [0.15, 0.2) is 0 Å². The van der Waals surface area contributed by atoms with Crippen molar-refractivity contribution in [1.82, 2.24) is 5.32 Å². The minimum absolute atomic E-state index is 0.368. The molecule has 0 aliphatic carbocycles. The Morgan fingerprint density at radius 3 is 1.23 bits per heavy atom. The first kappa shape index (κ1) is 19.6. The molecule has 0 heterocycles. The lowest BCUT2D eigenvalue weighted by Gasteiger charge is -2.00. The van der Waals surface area contributed by atoms with Crippen LogP contribution in [0.3, 0.4) is 0 Å². The first-order valence-electron chi connectivity index (χ1n) is 6.89. The Labute approximate surface area is 128 Å². The topological polar surface area (TPSA) is 124 Å². The Morgan fingerprint density at radius 2 is 1.05 bits per heavy atom. The minimum atomic E-state index is -1.37. The predicted octanol–water partition coefficient (Wildman–Crippen LogP) is 2.18. The summed E-state index contributed by atoms with van der Waals surface area (Å²) in [5.41, 5.74) is -1.10. The van der Waals surface area contributed by atoms with Crippen molar-refractivity contribution in [3.05, 3.63) is 34.9 Å². The summed E-state index contributed by atoms with van der Waals surface area (Å²) < 4.78 is 0. The van der Waals surface area contributed by atoms with E-state index in [0.717, 1.165) is 18.2 Å². The molecule has 0 aliphatic rings. The lowest BCUT2D eigenvalue weighted by Crippen LogP contribution is -2.14. The summed E-state index contributed by atoms with van der Waals surface area (Å²) >= 11 is 0. The Kier molecular flexibility index (Phi) is 9.20. The van der Waals surface area contributed by atoms with E-state index >= 15 is 0 Å². The molecule has 0 fully saturated rings. The van der Waals surface area contributed by atoms with Crippen LogP contribution in [-0.4, -0.2) is 46.3 Å². The number of aromatic carboxylic acids is 3. The van der Waals surface area contributed by atoms with Crippen LogP contribution in [0, 0.1) is 0 Å². The first-order chi connectivity index (χ1) is 10.3. The highest BCUT2D eigenvalue weighted by Gasteiger charge is 2.14. The van der Waals surface area contributed by atoms with Gasteiger partial charge in [-0.2, -0.15) is 0 Å². The molecule has 0 amide bonds. The predicted molar refractivity (Wildman–Crippen MR) is 80.8 cm³/mol. The molecular weight excluding hydrogens is 290 g/mol. The normalized spacial score (nSPS) is 9.55. The van der Waals surface area contributed by atoms with Gasteiger partial charge in [0, 0.05) is 0 Å². The summed E-state index contributed by atoms with van der Waals surface area (Å²) in [4.78, 5) is 31.7. The van der Waals surface area contributed by atoms with Crippen LogP contribution in [0.15, 0.2) is 18.2 Å². The molecule has 1 rings (SSSR count). The standard InChI is InChI=1S/C9H6O6.C6H15N/c10-7(11)4-1-5(8(12)13)3-6(2-4)9(14)15;1-3-5-7-6-4-2/h1-3H,(H,10,11)(H,12,13)(H,14,15);7H,3-6H2,1-2H3. The van der Waals surface area contributed by atoms with Crippen LogP contribution < -0.4 is 5.32 Å². The van der Waals surface area contributed by atoms with Gasteiger partial charge in [-0.15, -0.1) is 0 Å². The summed E-state index contributed by atoms with van der Waals surface area (Å²) in [7, 11) is 0. The van der Waals surface area contributed by atoms with Crippen LogP contribution in [-0.2, 0) is 0 Å². The van der Waals surface area contributed by atoms with Gasteiger partial charge < -0.3 is 20.6 Å². The van der Waals surface area contributed by atoms with E-state index < -0.39 is 17.9 Å². The van der Waals surface area contributed by atoms with Gasteiger partial charge in [-0.1, -0.05) is 13.8 Å². The molecule has 0 saturated carbocycles. The van der Waals surface area contributed by atoms with Gasteiger partial charge >= 0.3 is 17.9 Å². The van der Waals surface area contributed by atoms with Gasteiger partial charge in [-0.25, -0.2) is 14.4 Å². The number of carboxylic acids is 3. The number of rotatable bonds is 7. The van der Waals surface area contributed by atoms with E-state index in [2.05, 4.69) is 19.2 Å². The third-order valence-corrected chi connectivity index (χ3v) is 2.53. The quantitative estimate of drug-likeness (QED) is 0.569. The molecule has 0 aliphatic heterocycles. The number of nitrogens with one attached hydrogen (secondary N) is 1. The maximum absolute atomic E-state index is 10.6. The van der Waals surface area contributed by atoms with Crippen LogP contribution in [0.5, 0.6) is 0 Å². The van der Waals surface area contributed by atoms with E-state index in [1.807, 2.05) is 0 Å². The van der Waals surface area contributed by atoms with Gasteiger partial charge in [0.25, 0.3) is 0 Å². The van der Waals surface area contributed by atoms with E-state index in [-0.39, 0.29) is 16.7 Å². The third kappa shape index (κ3) is 7.39. The lowest BCUT2D eigenvalue weighted by molar-refractivity contribution is 0.0696. The fourth-order valence-corrected chi connectivity index (χ4v) is 1.48. The smallest absolute Gasteiger partial charge is 0.335 e. The monoisotopic (exact) mass is 311 g/mol.